The summed E-state index contributed by atoms with van der Waals surface area (Å²) < 4.78 is 2.00. The Morgan fingerprint density at radius 1 is 1.25 bits per heavy atom. The van der Waals surface area contributed by atoms with Gasteiger partial charge in [0.05, 0.1) is 0 Å². The first-order valence-electron chi connectivity index (χ1n) is 7.74. The maximum atomic E-state index is 12.4. The molecule has 2 atom stereocenters. The van der Waals surface area contributed by atoms with Gasteiger partial charge in [0.15, 0.2) is 0 Å². The number of hydrogen-bond donors (Lipinski definition) is 1. The molecule has 0 radical (unpaired) electrons. The van der Waals surface area contributed by atoms with Gasteiger partial charge in [-0.15, -0.1) is 0 Å². The molecule has 1 saturated heterocycles. The fourth-order valence-corrected chi connectivity index (χ4v) is 3.51. The molecule has 5 nitrogen and oxygen atoms in total. The molecule has 20 heavy (non-hydrogen) atoms. The number of hydrogen-bond acceptors (Lipinski definition) is 3. The standard InChI is InChI=1S/C15H24N4O/c16-14-3-2-13(10-14)15(20)18-8-4-12(5-9-18)11-19-7-1-6-17-19/h1,6-7,12-14H,2-5,8-11,16H2. The minimum absolute atomic E-state index is 0.188. The van der Waals surface area contributed by atoms with E-state index in [1.807, 2.05) is 23.1 Å². The number of carbonyl (C=O) groups excluding carboxylic acids is 1. The van der Waals surface area contributed by atoms with Gasteiger partial charge in [0.1, 0.15) is 0 Å². The molecule has 0 aromatic carbocycles. The van der Waals surface area contributed by atoms with Crippen LogP contribution in [0.1, 0.15) is 32.1 Å². The van der Waals surface area contributed by atoms with Crippen LogP contribution in [0.2, 0.25) is 0 Å². The average Bonchev–Trinajstić information content (AvgIpc) is 3.10. The van der Waals surface area contributed by atoms with Gasteiger partial charge in [-0.3, -0.25) is 9.48 Å². The fourth-order valence-electron chi connectivity index (χ4n) is 3.51. The molecule has 2 N–H and O–H groups in total. The van der Waals surface area contributed by atoms with Gasteiger partial charge in [-0.05, 0) is 44.1 Å². The summed E-state index contributed by atoms with van der Waals surface area (Å²) in [5, 5.41) is 4.26. The predicted octanol–water partition coefficient (Wildman–Crippen LogP) is 1.25. The van der Waals surface area contributed by atoms with Crippen LogP contribution in [-0.2, 0) is 11.3 Å². The topological polar surface area (TPSA) is 64.2 Å². The third-order valence-corrected chi connectivity index (χ3v) is 4.75. The first-order valence-corrected chi connectivity index (χ1v) is 7.74. The average molecular weight is 276 g/mol. The molecule has 2 aliphatic rings. The Kier molecular flexibility index (Phi) is 4.05. The van der Waals surface area contributed by atoms with Crippen molar-refractivity contribution in [3.8, 4) is 0 Å². The van der Waals surface area contributed by atoms with E-state index in [-0.39, 0.29) is 12.0 Å². The van der Waals surface area contributed by atoms with Crippen LogP contribution in [0, 0.1) is 11.8 Å². The second kappa shape index (κ2) is 5.95. The number of piperidine rings is 1. The highest BCUT2D eigenvalue weighted by Gasteiger charge is 2.32. The molecule has 1 amide bonds. The van der Waals surface area contributed by atoms with Gasteiger partial charge in [-0.1, -0.05) is 0 Å². The highest BCUT2D eigenvalue weighted by Crippen LogP contribution is 2.28. The lowest BCUT2D eigenvalue weighted by Crippen LogP contribution is -2.42. The molecular formula is C15H24N4O. The molecular weight excluding hydrogens is 252 g/mol. The van der Waals surface area contributed by atoms with Gasteiger partial charge in [0, 0.05) is 44.0 Å². The monoisotopic (exact) mass is 276 g/mol. The van der Waals surface area contributed by atoms with Crippen molar-refractivity contribution in [2.45, 2.75) is 44.7 Å². The lowest BCUT2D eigenvalue weighted by molar-refractivity contribution is -0.136. The fraction of sp³-hybridized carbons (Fsp3) is 0.733. The summed E-state index contributed by atoms with van der Waals surface area (Å²) in [5.74, 6) is 1.17. The molecule has 1 aromatic heterocycles. The van der Waals surface area contributed by atoms with Crippen molar-refractivity contribution < 1.29 is 4.79 Å². The zero-order valence-corrected chi connectivity index (χ0v) is 11.9. The Balaban J connectivity index is 1.47. The van der Waals surface area contributed by atoms with E-state index >= 15 is 0 Å². The Labute approximate surface area is 120 Å². The molecule has 5 heteroatoms. The quantitative estimate of drug-likeness (QED) is 0.903. The third kappa shape index (κ3) is 3.03. The van der Waals surface area contributed by atoms with Crippen LogP contribution in [0.4, 0.5) is 0 Å². The lowest BCUT2D eigenvalue weighted by Gasteiger charge is -2.33. The molecule has 2 heterocycles. The molecule has 1 aliphatic carbocycles. The van der Waals surface area contributed by atoms with Gasteiger partial charge in [0.25, 0.3) is 0 Å². The molecule has 1 aromatic rings. The molecule has 110 valence electrons. The first kappa shape index (κ1) is 13.6. The number of amides is 1. The normalized spacial score (nSPS) is 27.9. The Hall–Kier alpha value is -1.36. The second-order valence-electron chi connectivity index (χ2n) is 6.27. The smallest absolute Gasteiger partial charge is 0.225 e. The minimum atomic E-state index is 0.188. The van der Waals surface area contributed by atoms with Crippen molar-refractivity contribution in [1.29, 1.82) is 0 Å². The van der Waals surface area contributed by atoms with Crippen molar-refractivity contribution in [1.82, 2.24) is 14.7 Å². The van der Waals surface area contributed by atoms with Crippen molar-refractivity contribution in [3.63, 3.8) is 0 Å². The van der Waals surface area contributed by atoms with Gasteiger partial charge in [-0.25, -0.2) is 0 Å². The van der Waals surface area contributed by atoms with E-state index in [4.69, 9.17) is 5.73 Å². The molecule has 0 bridgehead atoms. The highest BCUT2D eigenvalue weighted by atomic mass is 16.2. The SMILES string of the molecule is NC1CCC(C(=O)N2CCC(Cn3cccn3)CC2)C1. The maximum absolute atomic E-state index is 12.4. The summed E-state index contributed by atoms with van der Waals surface area (Å²) in [6.45, 7) is 2.77. The van der Waals surface area contributed by atoms with Gasteiger partial charge in [-0.2, -0.15) is 5.10 Å². The van der Waals surface area contributed by atoms with Crippen LogP contribution >= 0.6 is 0 Å². The van der Waals surface area contributed by atoms with Crippen LogP contribution in [-0.4, -0.2) is 39.7 Å². The highest BCUT2D eigenvalue weighted by molar-refractivity contribution is 5.79. The van der Waals surface area contributed by atoms with Crippen LogP contribution in [0.15, 0.2) is 18.5 Å². The van der Waals surface area contributed by atoms with Crippen molar-refractivity contribution in [2.75, 3.05) is 13.1 Å². The molecule has 1 saturated carbocycles. The molecule has 2 unspecified atom stereocenters. The number of aromatic nitrogens is 2. The second-order valence-corrected chi connectivity index (χ2v) is 6.27. The Morgan fingerprint density at radius 3 is 2.65 bits per heavy atom. The third-order valence-electron chi connectivity index (χ3n) is 4.75. The van der Waals surface area contributed by atoms with Gasteiger partial charge in [0.2, 0.25) is 5.91 Å². The summed E-state index contributed by atoms with van der Waals surface area (Å²) in [6.07, 6.45) is 8.87. The summed E-state index contributed by atoms with van der Waals surface area (Å²) in [7, 11) is 0. The number of rotatable bonds is 3. The van der Waals surface area contributed by atoms with Crippen LogP contribution in [0.5, 0.6) is 0 Å². The first-order chi connectivity index (χ1) is 9.72. The van der Waals surface area contributed by atoms with Crippen molar-refractivity contribution in [3.05, 3.63) is 18.5 Å². The summed E-state index contributed by atoms with van der Waals surface area (Å²) in [5.41, 5.74) is 5.91. The Morgan fingerprint density at radius 2 is 2.05 bits per heavy atom. The van der Waals surface area contributed by atoms with Crippen molar-refractivity contribution in [2.24, 2.45) is 17.6 Å². The lowest BCUT2D eigenvalue weighted by atomic mass is 9.95. The van der Waals surface area contributed by atoms with E-state index in [1.54, 1.807) is 0 Å². The van der Waals surface area contributed by atoms with Crippen LogP contribution in [0.25, 0.3) is 0 Å². The molecule has 0 spiro atoms. The maximum Gasteiger partial charge on any atom is 0.225 e. The number of nitrogens with zero attached hydrogens (tertiary/aromatic N) is 3. The molecule has 2 fully saturated rings. The van der Waals surface area contributed by atoms with E-state index in [0.29, 0.717) is 11.8 Å². The predicted molar refractivity (Wildman–Crippen MR) is 76.8 cm³/mol. The molecule has 3 rings (SSSR count). The van der Waals surface area contributed by atoms with Gasteiger partial charge >= 0.3 is 0 Å². The summed E-state index contributed by atoms with van der Waals surface area (Å²) in [6, 6.07) is 2.20. The van der Waals surface area contributed by atoms with E-state index < -0.39 is 0 Å². The van der Waals surface area contributed by atoms with Crippen molar-refractivity contribution >= 4 is 5.91 Å². The number of likely N-dealkylation sites (tertiary alicyclic amines) is 1. The van der Waals surface area contributed by atoms with E-state index in [0.717, 1.165) is 51.7 Å². The largest absolute Gasteiger partial charge is 0.342 e. The van der Waals surface area contributed by atoms with E-state index in [9.17, 15) is 4.79 Å². The van der Waals surface area contributed by atoms with E-state index in [2.05, 4.69) is 10.00 Å². The van der Waals surface area contributed by atoms with Gasteiger partial charge < -0.3 is 10.6 Å². The number of carbonyl (C=O) groups is 1. The molecule has 1 aliphatic heterocycles. The van der Waals surface area contributed by atoms with Crippen LogP contribution < -0.4 is 5.73 Å². The number of nitrogens with two attached hydrogens (primary N) is 1. The van der Waals surface area contributed by atoms with E-state index in [1.165, 1.54) is 0 Å². The minimum Gasteiger partial charge on any atom is -0.342 e. The Bertz CT molecular complexity index is 437. The summed E-state index contributed by atoms with van der Waals surface area (Å²) in [4.78, 5) is 14.5. The summed E-state index contributed by atoms with van der Waals surface area (Å²) >= 11 is 0. The van der Waals surface area contributed by atoms with Crippen LogP contribution in [0.3, 0.4) is 0 Å². The zero-order valence-electron chi connectivity index (χ0n) is 11.9. The zero-order chi connectivity index (χ0) is 13.9.